The van der Waals surface area contributed by atoms with E-state index in [1.807, 2.05) is 41.5 Å². The predicted molar refractivity (Wildman–Crippen MR) is 89.8 cm³/mol. The summed E-state index contributed by atoms with van der Waals surface area (Å²) in [5.41, 5.74) is -0.652. The first-order valence-electron chi connectivity index (χ1n) is 7.33. The average Bonchev–Trinajstić information content (AvgIpc) is 2.29. The fraction of sp³-hybridized carbons (Fsp3) is 0.933. The van der Waals surface area contributed by atoms with Gasteiger partial charge in [0.15, 0.2) is 0 Å². The second-order valence-electron chi connectivity index (χ2n) is 7.45. The van der Waals surface area contributed by atoms with Gasteiger partial charge in [0, 0.05) is 11.1 Å². The number of carbonyl (C=O) groups excluding carboxylic acids is 1. The SMILES string of the molecule is CC(C)(I)C(=O)OCCOC1CC(C)(C)N(O)C(C)(C)C1. The van der Waals surface area contributed by atoms with Crippen LogP contribution in [0.4, 0.5) is 0 Å². The van der Waals surface area contributed by atoms with Crippen LogP contribution in [0.2, 0.25) is 0 Å². The normalized spacial score (nSPS) is 23.0. The fourth-order valence-corrected chi connectivity index (χ4v) is 2.97. The molecule has 1 saturated heterocycles. The highest BCUT2D eigenvalue weighted by Gasteiger charge is 2.45. The molecule has 6 heteroatoms. The van der Waals surface area contributed by atoms with Crippen molar-refractivity contribution in [3.05, 3.63) is 0 Å². The van der Waals surface area contributed by atoms with Gasteiger partial charge in [0.25, 0.3) is 0 Å². The van der Waals surface area contributed by atoms with Crippen molar-refractivity contribution >= 4 is 28.6 Å². The Morgan fingerprint density at radius 1 is 1.24 bits per heavy atom. The van der Waals surface area contributed by atoms with Crippen molar-refractivity contribution in [3.63, 3.8) is 0 Å². The van der Waals surface area contributed by atoms with E-state index in [1.54, 1.807) is 0 Å². The minimum atomic E-state index is -0.510. The number of piperidine rings is 1. The second kappa shape index (κ2) is 6.68. The van der Waals surface area contributed by atoms with Crippen LogP contribution in [-0.2, 0) is 14.3 Å². The molecule has 0 aromatic rings. The molecule has 1 aliphatic heterocycles. The maximum absolute atomic E-state index is 11.6. The van der Waals surface area contributed by atoms with Crippen LogP contribution >= 0.6 is 22.6 Å². The quantitative estimate of drug-likeness (QED) is 0.325. The molecule has 1 N–H and O–H groups in total. The van der Waals surface area contributed by atoms with E-state index >= 15 is 0 Å². The number of hydroxylamine groups is 2. The highest BCUT2D eigenvalue weighted by molar-refractivity contribution is 14.1. The van der Waals surface area contributed by atoms with Gasteiger partial charge in [-0.1, -0.05) is 22.6 Å². The summed E-state index contributed by atoms with van der Waals surface area (Å²) in [6, 6.07) is 0. The second-order valence-corrected chi connectivity index (χ2v) is 10.1. The molecular formula is C15H28INO4. The molecule has 0 spiro atoms. The van der Waals surface area contributed by atoms with Gasteiger partial charge in [0.05, 0.1) is 12.7 Å². The number of ether oxygens (including phenoxy) is 2. The van der Waals surface area contributed by atoms with Crippen LogP contribution in [0.25, 0.3) is 0 Å². The van der Waals surface area contributed by atoms with Crippen molar-refractivity contribution in [1.82, 2.24) is 5.06 Å². The topological polar surface area (TPSA) is 59.0 Å². The number of rotatable bonds is 5. The maximum Gasteiger partial charge on any atom is 0.321 e. The van der Waals surface area contributed by atoms with E-state index in [-0.39, 0.29) is 29.8 Å². The minimum Gasteiger partial charge on any atom is -0.462 e. The van der Waals surface area contributed by atoms with Crippen LogP contribution in [0.3, 0.4) is 0 Å². The molecule has 0 saturated carbocycles. The number of halogens is 1. The van der Waals surface area contributed by atoms with E-state index in [2.05, 4.69) is 22.6 Å². The smallest absolute Gasteiger partial charge is 0.321 e. The van der Waals surface area contributed by atoms with Gasteiger partial charge in [-0.15, -0.1) is 0 Å². The number of hydrogen-bond acceptors (Lipinski definition) is 5. The number of nitrogens with zero attached hydrogens (tertiary/aromatic N) is 1. The van der Waals surface area contributed by atoms with E-state index in [4.69, 9.17) is 9.47 Å². The Morgan fingerprint density at radius 2 is 1.71 bits per heavy atom. The monoisotopic (exact) mass is 413 g/mol. The van der Waals surface area contributed by atoms with Gasteiger partial charge in [0.1, 0.15) is 10.0 Å². The van der Waals surface area contributed by atoms with Gasteiger partial charge in [-0.25, -0.2) is 0 Å². The number of carbonyl (C=O) groups is 1. The minimum absolute atomic E-state index is 0.0599. The third-order valence-electron chi connectivity index (χ3n) is 3.76. The van der Waals surface area contributed by atoms with Crippen molar-refractivity contribution < 1.29 is 19.5 Å². The lowest BCUT2D eigenvalue weighted by molar-refractivity contribution is -0.261. The molecule has 1 fully saturated rings. The molecule has 0 bridgehead atoms. The zero-order valence-electron chi connectivity index (χ0n) is 13.9. The summed E-state index contributed by atoms with van der Waals surface area (Å²) in [6.07, 6.45) is 1.56. The van der Waals surface area contributed by atoms with Crippen molar-refractivity contribution in [2.75, 3.05) is 13.2 Å². The number of esters is 1. The Labute approximate surface area is 141 Å². The molecule has 0 atom stereocenters. The van der Waals surface area contributed by atoms with Crippen molar-refractivity contribution in [2.24, 2.45) is 0 Å². The van der Waals surface area contributed by atoms with E-state index in [1.165, 1.54) is 5.06 Å². The zero-order valence-corrected chi connectivity index (χ0v) is 16.1. The first-order chi connectivity index (χ1) is 9.36. The van der Waals surface area contributed by atoms with Gasteiger partial charge in [0.2, 0.25) is 0 Å². The summed E-state index contributed by atoms with van der Waals surface area (Å²) in [7, 11) is 0. The molecular weight excluding hydrogens is 385 g/mol. The largest absolute Gasteiger partial charge is 0.462 e. The number of alkyl halides is 1. The molecule has 0 aromatic carbocycles. The third kappa shape index (κ3) is 5.33. The van der Waals surface area contributed by atoms with Crippen LogP contribution in [0.15, 0.2) is 0 Å². The molecule has 0 aromatic heterocycles. The van der Waals surface area contributed by atoms with E-state index in [0.717, 1.165) is 12.8 Å². The Kier molecular flexibility index (Phi) is 6.08. The van der Waals surface area contributed by atoms with Gasteiger partial charge in [-0.3, -0.25) is 4.79 Å². The van der Waals surface area contributed by atoms with Crippen molar-refractivity contribution in [1.29, 1.82) is 0 Å². The lowest BCUT2D eigenvalue weighted by Gasteiger charge is -2.51. The van der Waals surface area contributed by atoms with Crippen LogP contribution in [-0.4, -0.2) is 50.1 Å². The zero-order chi connectivity index (χ0) is 16.5. The Balaban J connectivity index is 2.42. The highest BCUT2D eigenvalue weighted by Crippen LogP contribution is 2.37. The van der Waals surface area contributed by atoms with Gasteiger partial charge in [-0.2, -0.15) is 5.06 Å². The summed E-state index contributed by atoms with van der Waals surface area (Å²) >= 11 is 2.06. The summed E-state index contributed by atoms with van der Waals surface area (Å²) in [5, 5.41) is 11.7. The van der Waals surface area contributed by atoms with E-state index in [0.29, 0.717) is 6.61 Å². The first kappa shape index (κ1) is 19.1. The average molecular weight is 413 g/mol. The van der Waals surface area contributed by atoms with E-state index < -0.39 is 3.42 Å². The van der Waals surface area contributed by atoms with Crippen molar-refractivity contribution in [2.45, 2.75) is 75.0 Å². The Bertz CT molecular complexity index is 358. The number of hydrogen-bond donors (Lipinski definition) is 1. The van der Waals surface area contributed by atoms with Gasteiger partial charge < -0.3 is 14.7 Å². The highest BCUT2D eigenvalue weighted by atomic mass is 127. The van der Waals surface area contributed by atoms with Crippen LogP contribution in [0, 0.1) is 0 Å². The summed E-state index contributed by atoms with van der Waals surface area (Å²) in [5.74, 6) is -0.225. The molecule has 1 rings (SSSR count). The van der Waals surface area contributed by atoms with E-state index in [9.17, 15) is 10.0 Å². The Morgan fingerprint density at radius 3 is 2.14 bits per heavy atom. The first-order valence-corrected chi connectivity index (χ1v) is 8.41. The molecule has 0 amide bonds. The summed E-state index contributed by atoms with van der Waals surface area (Å²) in [6.45, 7) is 12.3. The van der Waals surface area contributed by atoms with Gasteiger partial charge in [-0.05, 0) is 54.4 Å². The molecule has 1 aliphatic rings. The maximum atomic E-state index is 11.6. The molecule has 5 nitrogen and oxygen atoms in total. The van der Waals surface area contributed by atoms with Crippen LogP contribution in [0.5, 0.6) is 0 Å². The van der Waals surface area contributed by atoms with Gasteiger partial charge >= 0.3 is 5.97 Å². The van der Waals surface area contributed by atoms with Crippen LogP contribution < -0.4 is 0 Å². The molecule has 0 unspecified atom stereocenters. The molecule has 0 radical (unpaired) electrons. The standard InChI is InChI=1S/C15H28INO4/c1-13(2)9-11(10-14(3,4)17(13)19)20-7-8-21-12(18)15(5,6)16/h11,19H,7-10H2,1-6H3. The molecule has 1 heterocycles. The lowest BCUT2D eigenvalue weighted by atomic mass is 9.80. The molecule has 124 valence electrons. The fourth-order valence-electron chi connectivity index (χ4n) is 2.82. The van der Waals surface area contributed by atoms with Crippen LogP contribution in [0.1, 0.15) is 54.4 Å². The summed E-state index contributed by atoms with van der Waals surface area (Å²) < 4.78 is 10.5. The Hall–Kier alpha value is 0.0800. The van der Waals surface area contributed by atoms with Crippen molar-refractivity contribution in [3.8, 4) is 0 Å². The molecule has 21 heavy (non-hydrogen) atoms. The third-order valence-corrected chi connectivity index (χ3v) is 4.20. The lowest BCUT2D eigenvalue weighted by Crippen LogP contribution is -2.60. The summed E-state index contributed by atoms with van der Waals surface area (Å²) in [4.78, 5) is 11.6. The predicted octanol–water partition coefficient (Wildman–Crippen LogP) is 3.17. The molecule has 0 aliphatic carbocycles.